The molecule has 3 amide bonds. The lowest BCUT2D eigenvalue weighted by Crippen LogP contribution is -2.42. The van der Waals surface area contributed by atoms with Crippen molar-refractivity contribution >= 4 is 17.9 Å². The summed E-state index contributed by atoms with van der Waals surface area (Å²) in [7, 11) is 2.00. The van der Waals surface area contributed by atoms with Crippen LogP contribution in [0.1, 0.15) is 30.0 Å². The minimum atomic E-state index is -0.787. The van der Waals surface area contributed by atoms with Crippen molar-refractivity contribution in [3.05, 3.63) is 35.4 Å². The molecule has 0 aliphatic carbocycles. The van der Waals surface area contributed by atoms with Gasteiger partial charge in [0.1, 0.15) is 0 Å². The topological polar surface area (TPSA) is 79.0 Å². The van der Waals surface area contributed by atoms with E-state index in [9.17, 15) is 14.4 Å². The smallest absolute Gasteiger partial charge is 0.318 e. The number of carbonyl (C=O) groups excluding carboxylic acids is 3. The number of amides is 3. The molecule has 1 N–H and O–H groups in total. The maximum absolute atomic E-state index is 11.9. The van der Waals surface area contributed by atoms with Gasteiger partial charge >= 0.3 is 6.09 Å². The molecule has 1 fully saturated rings. The molecule has 0 aromatic heterocycles. The second-order valence-corrected chi connectivity index (χ2v) is 5.79. The van der Waals surface area contributed by atoms with Gasteiger partial charge in [-0.2, -0.15) is 0 Å². The molecule has 2 aliphatic rings. The molecule has 122 valence electrons. The van der Waals surface area contributed by atoms with Crippen LogP contribution >= 0.6 is 0 Å². The summed E-state index contributed by atoms with van der Waals surface area (Å²) in [4.78, 5) is 41.7. The molecule has 1 aromatic carbocycles. The molecule has 2 heterocycles. The highest BCUT2D eigenvalue weighted by molar-refractivity contribution is 6.01. The quantitative estimate of drug-likeness (QED) is 0.842. The average Bonchev–Trinajstić information content (AvgIpc) is 2.86. The third-order valence-electron chi connectivity index (χ3n) is 4.30. The largest absolute Gasteiger partial charge is 0.432 e. The van der Waals surface area contributed by atoms with E-state index in [0.29, 0.717) is 11.6 Å². The number of hydroxylamine groups is 2. The van der Waals surface area contributed by atoms with E-state index in [1.165, 1.54) is 11.1 Å². The Morgan fingerprint density at radius 3 is 2.65 bits per heavy atom. The molecule has 23 heavy (non-hydrogen) atoms. The third kappa shape index (κ3) is 3.19. The first-order chi connectivity index (χ1) is 11.1. The first-order valence-corrected chi connectivity index (χ1v) is 7.66. The molecule has 0 spiro atoms. The summed E-state index contributed by atoms with van der Waals surface area (Å²) in [5, 5.41) is 3.19. The molecule has 0 saturated carbocycles. The van der Waals surface area contributed by atoms with Crippen LogP contribution in [-0.2, 0) is 20.8 Å². The molecular weight excluding hydrogens is 298 g/mol. The summed E-state index contributed by atoms with van der Waals surface area (Å²) in [5.74, 6) is -0.962. The Labute approximate surface area is 134 Å². The molecule has 7 heteroatoms. The van der Waals surface area contributed by atoms with E-state index in [1.807, 2.05) is 19.2 Å². The maximum atomic E-state index is 11.9. The zero-order valence-corrected chi connectivity index (χ0v) is 12.9. The highest BCUT2D eigenvalue weighted by atomic mass is 16.7. The monoisotopic (exact) mass is 317 g/mol. The van der Waals surface area contributed by atoms with Crippen LogP contribution in [-0.4, -0.2) is 48.0 Å². The number of hydrogen-bond acceptors (Lipinski definition) is 5. The minimum absolute atomic E-state index is 0.0393. The van der Waals surface area contributed by atoms with Crippen LogP contribution in [0.25, 0.3) is 0 Å². The van der Waals surface area contributed by atoms with Gasteiger partial charge in [-0.1, -0.05) is 24.3 Å². The predicted octanol–water partition coefficient (Wildman–Crippen LogP) is 1.01. The van der Waals surface area contributed by atoms with Gasteiger partial charge < -0.3 is 10.2 Å². The zero-order valence-electron chi connectivity index (χ0n) is 12.9. The van der Waals surface area contributed by atoms with Crippen molar-refractivity contribution in [3.63, 3.8) is 0 Å². The minimum Gasteiger partial charge on any atom is -0.318 e. The Morgan fingerprint density at radius 1 is 1.22 bits per heavy atom. The molecule has 1 saturated heterocycles. The van der Waals surface area contributed by atoms with Crippen molar-refractivity contribution in [2.45, 2.75) is 25.3 Å². The number of fused-ring (bicyclic) bond motifs is 1. The fraction of sp³-hybridized carbons (Fsp3) is 0.438. The second-order valence-electron chi connectivity index (χ2n) is 5.79. The highest BCUT2D eigenvalue weighted by Gasteiger charge is 2.33. The number of likely N-dealkylation sites (N-methyl/N-ethyl adjacent to an activating group) is 1. The molecule has 7 nitrogen and oxygen atoms in total. The molecule has 1 unspecified atom stereocenters. The van der Waals surface area contributed by atoms with Crippen LogP contribution in [0.5, 0.6) is 0 Å². The van der Waals surface area contributed by atoms with Gasteiger partial charge in [-0.15, -0.1) is 5.06 Å². The SMILES string of the molecule is CN1CCc2ccccc2C1CNC(=O)ON1C(=O)CCC1=O. The third-order valence-corrected chi connectivity index (χ3v) is 4.30. The van der Waals surface area contributed by atoms with E-state index in [-0.39, 0.29) is 18.9 Å². The number of rotatable bonds is 3. The van der Waals surface area contributed by atoms with E-state index in [4.69, 9.17) is 4.84 Å². The number of imide groups is 1. The van der Waals surface area contributed by atoms with Gasteiger partial charge in [-0.05, 0) is 24.6 Å². The first-order valence-electron chi connectivity index (χ1n) is 7.66. The number of nitrogens with one attached hydrogen (secondary N) is 1. The lowest BCUT2D eigenvalue weighted by molar-refractivity contribution is -0.171. The van der Waals surface area contributed by atoms with Crippen molar-refractivity contribution in [1.29, 1.82) is 0 Å². The molecule has 0 bridgehead atoms. The standard InChI is InChI=1S/C16H19N3O4/c1-18-9-8-11-4-2-3-5-12(11)13(18)10-17-16(22)23-19-14(20)6-7-15(19)21/h2-5,13H,6-10H2,1H3,(H,17,22). The van der Waals surface area contributed by atoms with E-state index in [0.717, 1.165) is 13.0 Å². The molecule has 0 radical (unpaired) electrons. The Kier molecular flexibility index (Phi) is 4.29. The number of hydrogen-bond donors (Lipinski definition) is 1. The summed E-state index contributed by atoms with van der Waals surface area (Å²) >= 11 is 0. The molecule has 1 atom stereocenters. The van der Waals surface area contributed by atoms with Crippen molar-refractivity contribution < 1.29 is 19.2 Å². The Balaban J connectivity index is 1.61. The summed E-state index contributed by atoms with van der Waals surface area (Å²) < 4.78 is 0. The van der Waals surface area contributed by atoms with E-state index in [2.05, 4.69) is 22.3 Å². The van der Waals surface area contributed by atoms with Gasteiger partial charge in [-0.3, -0.25) is 14.5 Å². The zero-order chi connectivity index (χ0) is 16.4. The van der Waals surface area contributed by atoms with Crippen LogP contribution < -0.4 is 5.32 Å². The van der Waals surface area contributed by atoms with Crippen LogP contribution in [0, 0.1) is 0 Å². The van der Waals surface area contributed by atoms with Crippen molar-refractivity contribution in [1.82, 2.24) is 15.3 Å². The van der Waals surface area contributed by atoms with Gasteiger partial charge in [0.05, 0.1) is 6.04 Å². The second kappa shape index (κ2) is 6.37. The van der Waals surface area contributed by atoms with Gasteiger partial charge in [0.15, 0.2) is 0 Å². The average molecular weight is 317 g/mol. The Bertz CT molecular complexity index is 630. The van der Waals surface area contributed by atoms with Crippen LogP contribution in [0.15, 0.2) is 24.3 Å². The normalized spacial score (nSPS) is 21.3. The number of benzene rings is 1. The summed E-state index contributed by atoms with van der Waals surface area (Å²) in [6.07, 6.45) is 0.366. The van der Waals surface area contributed by atoms with Crippen LogP contribution in [0.2, 0.25) is 0 Å². The van der Waals surface area contributed by atoms with Gasteiger partial charge in [0, 0.05) is 25.9 Å². The summed E-state index contributed by atoms with van der Waals surface area (Å²) in [5.41, 5.74) is 2.45. The van der Waals surface area contributed by atoms with Crippen molar-refractivity contribution in [3.8, 4) is 0 Å². The summed E-state index contributed by atoms with van der Waals surface area (Å²) in [6, 6.07) is 8.17. The lowest BCUT2D eigenvalue weighted by atomic mass is 9.93. The van der Waals surface area contributed by atoms with E-state index in [1.54, 1.807) is 0 Å². The van der Waals surface area contributed by atoms with Gasteiger partial charge in [-0.25, -0.2) is 4.79 Å². The van der Waals surface area contributed by atoms with Crippen LogP contribution in [0.4, 0.5) is 4.79 Å². The van der Waals surface area contributed by atoms with Crippen molar-refractivity contribution in [2.75, 3.05) is 20.1 Å². The maximum Gasteiger partial charge on any atom is 0.432 e. The van der Waals surface area contributed by atoms with Crippen molar-refractivity contribution in [2.24, 2.45) is 0 Å². The first kappa shape index (κ1) is 15.5. The molecule has 1 aromatic rings. The predicted molar refractivity (Wildman–Crippen MR) is 81.1 cm³/mol. The number of nitrogens with zero attached hydrogens (tertiary/aromatic N) is 2. The lowest BCUT2D eigenvalue weighted by Gasteiger charge is -2.34. The highest BCUT2D eigenvalue weighted by Crippen LogP contribution is 2.27. The van der Waals surface area contributed by atoms with E-state index < -0.39 is 17.9 Å². The molecule has 3 rings (SSSR count). The molecular formula is C16H19N3O4. The number of carbonyl (C=O) groups is 3. The summed E-state index contributed by atoms with van der Waals surface area (Å²) in [6.45, 7) is 1.25. The fourth-order valence-corrected chi connectivity index (χ4v) is 3.00. The Hall–Kier alpha value is -2.41. The van der Waals surface area contributed by atoms with Gasteiger partial charge in [0.2, 0.25) is 0 Å². The van der Waals surface area contributed by atoms with Crippen LogP contribution in [0.3, 0.4) is 0 Å². The van der Waals surface area contributed by atoms with E-state index >= 15 is 0 Å². The Morgan fingerprint density at radius 2 is 1.91 bits per heavy atom. The fourth-order valence-electron chi connectivity index (χ4n) is 3.00. The molecule has 2 aliphatic heterocycles. The van der Waals surface area contributed by atoms with Gasteiger partial charge in [0.25, 0.3) is 11.8 Å².